The average Bonchev–Trinajstić information content (AvgIpc) is 3.35. The van der Waals surface area contributed by atoms with Crippen molar-refractivity contribution in [3.8, 4) is 0 Å². The lowest BCUT2D eigenvalue weighted by Gasteiger charge is -2.19. The molecule has 3 heterocycles. The third-order valence-electron chi connectivity index (χ3n) is 5.91. The molecular formula is C24H23F2N5OS. The Balaban J connectivity index is 1.27. The van der Waals surface area contributed by atoms with Gasteiger partial charge in [-0.1, -0.05) is 18.2 Å². The van der Waals surface area contributed by atoms with Gasteiger partial charge in [-0.3, -0.25) is 9.69 Å². The Hall–Kier alpha value is -3.17. The smallest absolute Gasteiger partial charge is 0.254 e. The SMILES string of the molecule is C[C@@H](NC(=O)c1cc(F)ccc1F)c1nnc2n1CCN(Cc1cc3ccccc3s1)CC2. The van der Waals surface area contributed by atoms with Crippen LogP contribution in [0, 0.1) is 11.6 Å². The number of hydrogen-bond donors (Lipinski definition) is 1. The van der Waals surface area contributed by atoms with Crippen LogP contribution in [0.3, 0.4) is 0 Å². The Labute approximate surface area is 193 Å². The van der Waals surface area contributed by atoms with Crippen LogP contribution in [0.2, 0.25) is 0 Å². The summed E-state index contributed by atoms with van der Waals surface area (Å²) in [4.78, 5) is 16.2. The van der Waals surface area contributed by atoms with E-state index in [4.69, 9.17) is 0 Å². The second-order valence-corrected chi connectivity index (χ2v) is 9.39. The Bertz CT molecular complexity index is 1280. The third-order valence-corrected chi connectivity index (χ3v) is 7.01. The van der Waals surface area contributed by atoms with E-state index < -0.39 is 23.6 Å². The Kier molecular flexibility index (Phi) is 5.90. The van der Waals surface area contributed by atoms with E-state index in [0.29, 0.717) is 12.4 Å². The van der Waals surface area contributed by atoms with E-state index in [1.54, 1.807) is 6.92 Å². The number of hydrogen-bond acceptors (Lipinski definition) is 5. The molecule has 0 bridgehead atoms. The van der Waals surface area contributed by atoms with Gasteiger partial charge >= 0.3 is 0 Å². The molecular weight excluding hydrogens is 444 g/mol. The predicted octanol–water partition coefficient (Wildman–Crippen LogP) is 4.32. The van der Waals surface area contributed by atoms with Crippen molar-refractivity contribution in [2.24, 2.45) is 0 Å². The van der Waals surface area contributed by atoms with Gasteiger partial charge in [-0.2, -0.15) is 0 Å². The first-order chi connectivity index (χ1) is 16.0. The highest BCUT2D eigenvalue weighted by Gasteiger charge is 2.24. The number of rotatable bonds is 5. The van der Waals surface area contributed by atoms with Gasteiger partial charge in [0.05, 0.1) is 11.6 Å². The number of amides is 1. The fourth-order valence-corrected chi connectivity index (χ4v) is 5.32. The van der Waals surface area contributed by atoms with Crippen LogP contribution >= 0.6 is 11.3 Å². The largest absolute Gasteiger partial charge is 0.342 e. The van der Waals surface area contributed by atoms with E-state index in [1.165, 1.54) is 15.0 Å². The molecule has 0 saturated heterocycles. The summed E-state index contributed by atoms with van der Waals surface area (Å²) in [5, 5.41) is 12.6. The van der Waals surface area contributed by atoms with E-state index in [9.17, 15) is 13.6 Å². The number of nitrogens with zero attached hydrogens (tertiary/aromatic N) is 4. The molecule has 2 aromatic carbocycles. The van der Waals surface area contributed by atoms with Gasteiger partial charge in [-0.05, 0) is 42.6 Å². The van der Waals surface area contributed by atoms with Crippen molar-refractivity contribution in [2.75, 3.05) is 13.1 Å². The summed E-state index contributed by atoms with van der Waals surface area (Å²) in [5.74, 6) is -0.639. The number of aromatic nitrogens is 3. The van der Waals surface area contributed by atoms with Crippen LogP contribution in [0.25, 0.3) is 10.1 Å². The van der Waals surface area contributed by atoms with E-state index >= 15 is 0 Å². The number of thiophene rings is 1. The molecule has 0 fully saturated rings. The monoisotopic (exact) mass is 467 g/mol. The first-order valence-corrected chi connectivity index (χ1v) is 11.7. The molecule has 1 amide bonds. The van der Waals surface area contributed by atoms with Gasteiger partial charge in [0.2, 0.25) is 0 Å². The molecule has 0 radical (unpaired) electrons. The van der Waals surface area contributed by atoms with E-state index in [0.717, 1.165) is 50.1 Å². The molecule has 0 unspecified atom stereocenters. The van der Waals surface area contributed by atoms with Gasteiger partial charge in [-0.15, -0.1) is 21.5 Å². The quantitative estimate of drug-likeness (QED) is 0.475. The minimum Gasteiger partial charge on any atom is -0.342 e. The van der Waals surface area contributed by atoms with Crippen molar-refractivity contribution in [1.82, 2.24) is 25.0 Å². The van der Waals surface area contributed by atoms with Crippen LogP contribution in [0.5, 0.6) is 0 Å². The van der Waals surface area contributed by atoms with Crippen LogP contribution in [0.15, 0.2) is 48.5 Å². The summed E-state index contributed by atoms with van der Waals surface area (Å²) in [6.07, 6.45) is 0.747. The first-order valence-electron chi connectivity index (χ1n) is 10.9. The normalized spacial score (nSPS) is 15.2. The van der Waals surface area contributed by atoms with Crippen LogP contribution in [-0.2, 0) is 19.5 Å². The molecule has 6 nitrogen and oxygen atoms in total. The summed E-state index contributed by atoms with van der Waals surface area (Å²) in [5.41, 5.74) is -0.327. The lowest BCUT2D eigenvalue weighted by atomic mass is 10.1. The van der Waals surface area contributed by atoms with Gasteiger partial charge in [0.15, 0.2) is 5.82 Å². The number of carbonyl (C=O) groups excluding carboxylic acids is 1. The molecule has 0 aliphatic carbocycles. The zero-order chi connectivity index (χ0) is 22.9. The number of carbonyl (C=O) groups is 1. The second-order valence-electron chi connectivity index (χ2n) is 8.22. The maximum atomic E-state index is 14.0. The molecule has 33 heavy (non-hydrogen) atoms. The van der Waals surface area contributed by atoms with Crippen LogP contribution in [0.4, 0.5) is 8.78 Å². The number of fused-ring (bicyclic) bond motifs is 2. The van der Waals surface area contributed by atoms with Gasteiger partial charge in [0.25, 0.3) is 5.91 Å². The molecule has 5 rings (SSSR count). The lowest BCUT2D eigenvalue weighted by Crippen LogP contribution is -2.30. The summed E-state index contributed by atoms with van der Waals surface area (Å²) in [6.45, 7) is 5.02. The third kappa shape index (κ3) is 4.51. The van der Waals surface area contributed by atoms with Crippen LogP contribution in [0.1, 0.15) is 39.8 Å². The number of halogens is 2. The Morgan fingerprint density at radius 1 is 1.12 bits per heavy atom. The van der Waals surface area contributed by atoms with E-state index in [-0.39, 0.29) is 5.56 Å². The molecule has 4 aromatic rings. The number of nitrogens with one attached hydrogen (secondary N) is 1. The van der Waals surface area contributed by atoms with Crippen molar-refractivity contribution in [3.05, 3.63) is 82.3 Å². The lowest BCUT2D eigenvalue weighted by molar-refractivity contribution is 0.0933. The minimum atomic E-state index is -0.766. The molecule has 1 atom stereocenters. The van der Waals surface area contributed by atoms with Crippen LogP contribution in [-0.4, -0.2) is 38.7 Å². The predicted molar refractivity (Wildman–Crippen MR) is 123 cm³/mol. The molecule has 1 aliphatic heterocycles. The topological polar surface area (TPSA) is 63.1 Å². The summed E-state index contributed by atoms with van der Waals surface area (Å²) >= 11 is 1.82. The standard InChI is InChI=1S/C24H23F2N5OS/c1-15(27-24(32)19-13-17(25)6-7-20(19)26)23-29-28-22-8-9-30(10-11-31(22)23)14-18-12-16-4-2-3-5-21(16)33-18/h2-7,12-13,15H,8-11,14H2,1H3,(H,27,32)/t15-/m1/s1. The summed E-state index contributed by atoms with van der Waals surface area (Å²) in [6, 6.07) is 13.0. The fourth-order valence-electron chi connectivity index (χ4n) is 4.21. The minimum absolute atomic E-state index is 0.327. The molecule has 170 valence electrons. The van der Waals surface area contributed by atoms with Gasteiger partial charge in [0, 0.05) is 42.2 Å². The van der Waals surface area contributed by atoms with Crippen molar-refractivity contribution >= 4 is 27.3 Å². The summed E-state index contributed by atoms with van der Waals surface area (Å²) < 4.78 is 30.7. The van der Waals surface area contributed by atoms with Gasteiger partial charge in [-0.25, -0.2) is 8.78 Å². The zero-order valence-corrected chi connectivity index (χ0v) is 18.9. The van der Waals surface area contributed by atoms with E-state index in [2.05, 4.69) is 50.7 Å². The number of benzene rings is 2. The van der Waals surface area contributed by atoms with E-state index in [1.807, 2.05) is 15.9 Å². The van der Waals surface area contributed by atoms with Crippen molar-refractivity contribution in [2.45, 2.75) is 32.5 Å². The molecule has 9 heteroatoms. The highest BCUT2D eigenvalue weighted by Crippen LogP contribution is 2.27. The van der Waals surface area contributed by atoms with Crippen molar-refractivity contribution < 1.29 is 13.6 Å². The Morgan fingerprint density at radius 3 is 2.82 bits per heavy atom. The molecule has 0 saturated carbocycles. The summed E-state index contributed by atoms with van der Waals surface area (Å²) in [7, 11) is 0. The average molecular weight is 468 g/mol. The van der Waals surface area contributed by atoms with Crippen molar-refractivity contribution in [3.63, 3.8) is 0 Å². The zero-order valence-electron chi connectivity index (χ0n) is 18.1. The molecule has 1 aliphatic rings. The van der Waals surface area contributed by atoms with Crippen LogP contribution < -0.4 is 5.32 Å². The highest BCUT2D eigenvalue weighted by molar-refractivity contribution is 7.19. The molecule has 0 spiro atoms. The second kappa shape index (κ2) is 8.99. The van der Waals surface area contributed by atoms with Crippen molar-refractivity contribution in [1.29, 1.82) is 0 Å². The highest BCUT2D eigenvalue weighted by atomic mass is 32.1. The maximum Gasteiger partial charge on any atom is 0.254 e. The molecule has 1 N–H and O–H groups in total. The Morgan fingerprint density at radius 2 is 1.97 bits per heavy atom. The maximum absolute atomic E-state index is 14.0. The fraction of sp³-hybridized carbons (Fsp3) is 0.292. The van der Waals surface area contributed by atoms with Gasteiger partial charge < -0.3 is 9.88 Å². The first kappa shape index (κ1) is 21.7. The van der Waals surface area contributed by atoms with Gasteiger partial charge in [0.1, 0.15) is 17.5 Å². The molecule has 2 aromatic heterocycles.